The average molecular weight is 536 g/mol. The van der Waals surface area contributed by atoms with E-state index in [0.29, 0.717) is 26.6 Å². The largest absolute Gasteiger partial charge is 0.505 e. The van der Waals surface area contributed by atoms with Crippen molar-refractivity contribution < 1.29 is 14.7 Å². The summed E-state index contributed by atoms with van der Waals surface area (Å²) in [7, 11) is 0. The first kappa shape index (κ1) is 17.9. The van der Waals surface area contributed by atoms with Gasteiger partial charge in [-0.2, -0.15) is 0 Å². The Morgan fingerprint density at radius 1 is 1.19 bits per heavy atom. The Labute approximate surface area is 176 Å². The highest BCUT2D eigenvalue weighted by Gasteiger charge is 2.34. The monoisotopic (exact) mass is 535 g/mol. The highest BCUT2D eigenvalue weighted by molar-refractivity contribution is 14.1. The number of halogens is 2. The van der Waals surface area contributed by atoms with Crippen molar-refractivity contribution in [3.63, 3.8) is 0 Å². The molecule has 2 heterocycles. The molecule has 1 aliphatic heterocycles. The fourth-order valence-electron chi connectivity index (χ4n) is 2.83. The number of rotatable bonds is 2. The first-order chi connectivity index (χ1) is 13.0. The summed E-state index contributed by atoms with van der Waals surface area (Å²) < 4.78 is 1.46. The number of anilines is 1. The predicted molar refractivity (Wildman–Crippen MR) is 114 cm³/mol. The van der Waals surface area contributed by atoms with E-state index in [1.54, 1.807) is 36.5 Å². The zero-order valence-corrected chi connectivity index (χ0v) is 17.4. The second-order valence-corrected chi connectivity index (χ2v) is 7.91. The number of carbonyl (C=O) groups is 2. The molecule has 0 radical (unpaired) electrons. The van der Waals surface area contributed by atoms with Crippen LogP contribution in [0.15, 0.2) is 58.7 Å². The van der Waals surface area contributed by atoms with Gasteiger partial charge in [-0.15, -0.1) is 0 Å². The van der Waals surface area contributed by atoms with E-state index in [4.69, 9.17) is 0 Å². The maximum atomic E-state index is 12.8. The van der Waals surface area contributed by atoms with E-state index in [1.165, 1.54) is 11.1 Å². The van der Waals surface area contributed by atoms with E-state index in [9.17, 15) is 14.7 Å². The maximum absolute atomic E-state index is 12.8. The number of nitrogens with zero attached hydrogens (tertiary/aromatic N) is 2. The quantitative estimate of drug-likeness (QED) is 0.297. The third kappa shape index (κ3) is 3.19. The molecule has 0 bridgehead atoms. The van der Waals surface area contributed by atoms with Gasteiger partial charge in [0.15, 0.2) is 5.75 Å². The number of aromatic hydroxyl groups is 1. The number of phenols is 1. The third-order valence-electron chi connectivity index (χ3n) is 4.13. The minimum absolute atomic E-state index is 0.00969. The Kier molecular flexibility index (Phi) is 4.60. The van der Waals surface area contributed by atoms with Gasteiger partial charge in [0.2, 0.25) is 0 Å². The van der Waals surface area contributed by atoms with Gasteiger partial charge >= 0.3 is 0 Å². The summed E-state index contributed by atoms with van der Waals surface area (Å²) in [6.07, 6.45) is 3.08. The molecule has 2 aromatic carbocycles. The summed E-state index contributed by atoms with van der Waals surface area (Å²) in [4.78, 5) is 29.4. The third-order valence-corrected chi connectivity index (χ3v) is 5.45. The summed E-state index contributed by atoms with van der Waals surface area (Å²) in [5.41, 5.74) is 4.16. The SMILES string of the molecule is O=C1NN(c2ccc(I)cc2)C(=O)C1=Cc1cc(Br)c(O)c2ncccc12. The first-order valence-electron chi connectivity index (χ1n) is 7.84. The Morgan fingerprint density at radius 3 is 2.67 bits per heavy atom. The molecule has 2 amide bonds. The number of phenolic OH excluding ortho intramolecular Hbond substituents is 1. The maximum Gasteiger partial charge on any atom is 0.282 e. The lowest BCUT2D eigenvalue weighted by Crippen LogP contribution is -2.35. The van der Waals surface area contributed by atoms with Gasteiger partial charge in [0.1, 0.15) is 11.1 Å². The number of benzene rings is 2. The number of amides is 2. The number of carbonyl (C=O) groups excluding carboxylic acids is 2. The number of fused-ring (bicyclic) bond motifs is 1. The molecular formula is C19H11BrIN3O3. The molecule has 8 heteroatoms. The minimum atomic E-state index is -0.486. The van der Waals surface area contributed by atoms with Crippen molar-refractivity contribution in [2.75, 3.05) is 5.01 Å². The minimum Gasteiger partial charge on any atom is -0.505 e. The van der Waals surface area contributed by atoms with Crippen molar-refractivity contribution in [1.29, 1.82) is 0 Å². The average Bonchev–Trinajstić information content (AvgIpc) is 2.94. The van der Waals surface area contributed by atoms with Crippen LogP contribution in [0.3, 0.4) is 0 Å². The topological polar surface area (TPSA) is 82.5 Å². The molecule has 0 atom stereocenters. The first-order valence-corrected chi connectivity index (χ1v) is 9.72. The number of pyridine rings is 1. The van der Waals surface area contributed by atoms with E-state index in [0.717, 1.165) is 3.57 Å². The lowest BCUT2D eigenvalue weighted by Gasteiger charge is -2.14. The smallest absolute Gasteiger partial charge is 0.282 e. The number of hydrazine groups is 1. The van der Waals surface area contributed by atoms with Crippen LogP contribution in [0.1, 0.15) is 5.56 Å². The molecule has 3 aromatic rings. The van der Waals surface area contributed by atoms with Crippen LogP contribution in [-0.4, -0.2) is 21.9 Å². The van der Waals surface area contributed by atoms with Gasteiger partial charge in [-0.25, -0.2) is 5.01 Å². The van der Waals surface area contributed by atoms with Crippen LogP contribution in [0.25, 0.3) is 17.0 Å². The van der Waals surface area contributed by atoms with E-state index in [-0.39, 0.29) is 11.3 Å². The van der Waals surface area contributed by atoms with E-state index in [2.05, 4.69) is 48.9 Å². The number of hydrogen-bond acceptors (Lipinski definition) is 4. The molecule has 1 fully saturated rings. The highest BCUT2D eigenvalue weighted by atomic mass is 127. The summed E-state index contributed by atoms with van der Waals surface area (Å²) in [5.74, 6) is -0.919. The van der Waals surface area contributed by atoms with E-state index >= 15 is 0 Å². The van der Waals surface area contributed by atoms with E-state index in [1.807, 2.05) is 12.1 Å². The normalized spacial score (nSPS) is 15.6. The van der Waals surface area contributed by atoms with E-state index < -0.39 is 11.8 Å². The molecule has 2 N–H and O–H groups in total. The van der Waals surface area contributed by atoms with Gasteiger partial charge < -0.3 is 5.11 Å². The fourth-order valence-corrected chi connectivity index (χ4v) is 3.62. The van der Waals surface area contributed by atoms with Gasteiger partial charge in [-0.05, 0) is 86.6 Å². The second kappa shape index (κ2) is 6.93. The molecule has 0 saturated carbocycles. The highest BCUT2D eigenvalue weighted by Crippen LogP contribution is 2.35. The molecule has 27 heavy (non-hydrogen) atoms. The van der Waals surface area contributed by atoms with Crippen molar-refractivity contribution in [1.82, 2.24) is 10.4 Å². The summed E-state index contributed by atoms with van der Waals surface area (Å²) in [6.45, 7) is 0. The fraction of sp³-hybridized carbons (Fsp3) is 0. The molecule has 1 aliphatic rings. The van der Waals surface area contributed by atoms with Crippen molar-refractivity contribution in [3.05, 3.63) is 67.8 Å². The molecule has 4 rings (SSSR count). The summed E-state index contributed by atoms with van der Waals surface area (Å²) >= 11 is 5.46. The molecule has 134 valence electrons. The Hall–Kier alpha value is -2.46. The van der Waals surface area contributed by atoms with Gasteiger partial charge in [0.25, 0.3) is 11.8 Å². The van der Waals surface area contributed by atoms with Crippen LogP contribution >= 0.6 is 38.5 Å². The molecular weight excluding hydrogens is 525 g/mol. The molecule has 0 unspecified atom stereocenters. The molecule has 1 aromatic heterocycles. The van der Waals surface area contributed by atoms with Gasteiger partial charge in [-0.1, -0.05) is 6.07 Å². The van der Waals surface area contributed by atoms with Crippen LogP contribution in [0, 0.1) is 3.57 Å². The van der Waals surface area contributed by atoms with Crippen LogP contribution in [0.2, 0.25) is 0 Å². The number of nitrogens with one attached hydrogen (secondary N) is 1. The van der Waals surface area contributed by atoms with Crippen molar-refractivity contribution >= 4 is 73.0 Å². The standard InChI is InChI=1S/C19H11BrIN3O3/c20-15-9-10(13-2-1-7-22-16(13)17(15)25)8-14-18(26)23-24(19(14)27)12-5-3-11(21)4-6-12/h1-9,25H,(H,23,26). The Morgan fingerprint density at radius 2 is 1.93 bits per heavy atom. The Balaban J connectivity index is 1.80. The second-order valence-electron chi connectivity index (χ2n) is 5.81. The van der Waals surface area contributed by atoms with Crippen molar-refractivity contribution in [2.24, 2.45) is 0 Å². The summed E-state index contributed by atoms with van der Waals surface area (Å²) in [6, 6.07) is 12.4. The van der Waals surface area contributed by atoms with Crippen LogP contribution in [-0.2, 0) is 9.59 Å². The van der Waals surface area contributed by atoms with Crippen molar-refractivity contribution in [2.45, 2.75) is 0 Å². The lowest BCUT2D eigenvalue weighted by atomic mass is 10.0. The summed E-state index contributed by atoms with van der Waals surface area (Å²) in [5, 5.41) is 12.0. The molecule has 6 nitrogen and oxygen atoms in total. The molecule has 1 saturated heterocycles. The van der Waals surface area contributed by atoms with Crippen LogP contribution < -0.4 is 10.4 Å². The predicted octanol–water partition coefficient (Wildman–Crippen LogP) is 3.77. The molecule has 0 spiro atoms. The van der Waals surface area contributed by atoms with Gasteiger partial charge in [-0.3, -0.25) is 20.0 Å². The van der Waals surface area contributed by atoms with Crippen LogP contribution in [0.4, 0.5) is 5.69 Å². The van der Waals surface area contributed by atoms with Crippen molar-refractivity contribution in [3.8, 4) is 5.75 Å². The van der Waals surface area contributed by atoms with Gasteiger partial charge in [0, 0.05) is 15.2 Å². The zero-order valence-electron chi connectivity index (χ0n) is 13.6. The number of aromatic nitrogens is 1. The Bertz CT molecular complexity index is 1130. The number of hydrogen-bond donors (Lipinski definition) is 2. The van der Waals surface area contributed by atoms with Crippen LogP contribution in [0.5, 0.6) is 5.75 Å². The molecule has 0 aliphatic carbocycles. The zero-order chi connectivity index (χ0) is 19.1. The lowest BCUT2D eigenvalue weighted by molar-refractivity contribution is -0.117. The van der Waals surface area contributed by atoms with Gasteiger partial charge in [0.05, 0.1) is 10.2 Å².